The summed E-state index contributed by atoms with van der Waals surface area (Å²) in [7, 11) is 0. The van der Waals surface area contributed by atoms with Crippen molar-refractivity contribution in [3.05, 3.63) is 57.5 Å². The summed E-state index contributed by atoms with van der Waals surface area (Å²) in [6, 6.07) is 12.5. The molecule has 0 saturated carbocycles. The standard InChI is InChI=1S/C16H12BrClN6O2/c17-12-6-11(15(26)13(18)7-12)8-19-20-14(25)9-24-22-16(21-23-24)10-4-2-1-3-5-10/h1-8,26H,9H2,(H,20,25). The monoisotopic (exact) mass is 434 g/mol. The molecule has 0 aliphatic rings. The lowest BCUT2D eigenvalue weighted by Crippen LogP contribution is -2.24. The van der Waals surface area contributed by atoms with Gasteiger partial charge in [-0.05, 0) is 17.3 Å². The summed E-state index contributed by atoms with van der Waals surface area (Å²) < 4.78 is 0.674. The van der Waals surface area contributed by atoms with Crippen LogP contribution in [0.1, 0.15) is 5.56 Å². The number of nitrogens with zero attached hydrogens (tertiary/aromatic N) is 5. The van der Waals surface area contributed by atoms with E-state index in [1.54, 1.807) is 12.1 Å². The van der Waals surface area contributed by atoms with Gasteiger partial charge in [0.15, 0.2) is 0 Å². The molecule has 2 aromatic carbocycles. The van der Waals surface area contributed by atoms with Gasteiger partial charge in [0.1, 0.15) is 12.3 Å². The number of benzene rings is 2. The SMILES string of the molecule is O=C(Cn1nnc(-c2ccccc2)n1)NN=Cc1cc(Br)cc(Cl)c1O. The molecule has 8 nitrogen and oxygen atoms in total. The Bertz CT molecular complexity index is 961. The highest BCUT2D eigenvalue weighted by atomic mass is 79.9. The molecular formula is C16H12BrClN6O2. The van der Waals surface area contributed by atoms with E-state index in [2.05, 4.69) is 41.9 Å². The minimum absolute atomic E-state index is 0.127. The van der Waals surface area contributed by atoms with E-state index in [-0.39, 0.29) is 17.3 Å². The molecule has 10 heteroatoms. The molecule has 1 aromatic heterocycles. The van der Waals surface area contributed by atoms with Crippen LogP contribution in [0.5, 0.6) is 5.75 Å². The van der Waals surface area contributed by atoms with Gasteiger partial charge in [-0.1, -0.05) is 57.9 Å². The zero-order valence-electron chi connectivity index (χ0n) is 13.2. The van der Waals surface area contributed by atoms with Crippen LogP contribution < -0.4 is 5.43 Å². The molecule has 2 N–H and O–H groups in total. The molecule has 26 heavy (non-hydrogen) atoms. The Balaban J connectivity index is 1.61. The molecule has 0 unspecified atom stereocenters. The second-order valence-corrected chi connectivity index (χ2v) is 6.45. The number of aromatic hydroxyl groups is 1. The number of amides is 1. The zero-order chi connectivity index (χ0) is 18.5. The van der Waals surface area contributed by atoms with E-state index in [1.807, 2.05) is 30.3 Å². The van der Waals surface area contributed by atoms with E-state index in [9.17, 15) is 9.90 Å². The number of hydrazone groups is 1. The predicted octanol–water partition coefficient (Wildman–Crippen LogP) is 2.61. The largest absolute Gasteiger partial charge is 0.506 e. The molecule has 0 aliphatic carbocycles. The number of rotatable bonds is 5. The summed E-state index contributed by atoms with van der Waals surface area (Å²) in [5.41, 5.74) is 3.49. The molecule has 0 atom stereocenters. The van der Waals surface area contributed by atoms with E-state index >= 15 is 0 Å². The number of tetrazole rings is 1. The van der Waals surface area contributed by atoms with E-state index in [0.717, 1.165) is 5.56 Å². The number of hydrogen-bond donors (Lipinski definition) is 2. The van der Waals surface area contributed by atoms with Crippen LogP contribution in [0.15, 0.2) is 52.0 Å². The van der Waals surface area contributed by atoms with Crippen molar-refractivity contribution in [1.29, 1.82) is 0 Å². The van der Waals surface area contributed by atoms with Crippen molar-refractivity contribution < 1.29 is 9.90 Å². The van der Waals surface area contributed by atoms with Crippen LogP contribution >= 0.6 is 27.5 Å². The third-order valence-corrected chi connectivity index (χ3v) is 3.97. The molecule has 0 fully saturated rings. The van der Waals surface area contributed by atoms with Gasteiger partial charge in [-0.15, -0.1) is 10.2 Å². The number of carbonyl (C=O) groups is 1. The highest BCUT2D eigenvalue weighted by Gasteiger charge is 2.09. The van der Waals surface area contributed by atoms with Gasteiger partial charge < -0.3 is 5.11 Å². The van der Waals surface area contributed by atoms with Crippen LogP contribution in [0.2, 0.25) is 5.02 Å². The normalized spacial score (nSPS) is 11.0. The van der Waals surface area contributed by atoms with Crippen molar-refractivity contribution in [3.8, 4) is 17.1 Å². The Labute approximate surface area is 161 Å². The van der Waals surface area contributed by atoms with E-state index in [4.69, 9.17) is 11.6 Å². The van der Waals surface area contributed by atoms with Crippen molar-refractivity contribution in [2.45, 2.75) is 6.54 Å². The quantitative estimate of drug-likeness (QED) is 0.473. The second kappa shape index (κ2) is 8.07. The molecule has 0 aliphatic heterocycles. The number of phenols is 1. The van der Waals surface area contributed by atoms with Crippen molar-refractivity contribution in [2.24, 2.45) is 5.10 Å². The van der Waals surface area contributed by atoms with Gasteiger partial charge in [-0.2, -0.15) is 9.90 Å². The fraction of sp³-hybridized carbons (Fsp3) is 0.0625. The van der Waals surface area contributed by atoms with Crippen molar-refractivity contribution in [3.63, 3.8) is 0 Å². The Morgan fingerprint density at radius 3 is 2.88 bits per heavy atom. The Morgan fingerprint density at radius 1 is 1.35 bits per heavy atom. The lowest BCUT2D eigenvalue weighted by atomic mass is 10.2. The first-order valence-corrected chi connectivity index (χ1v) is 8.53. The van der Waals surface area contributed by atoms with E-state index in [0.29, 0.717) is 15.9 Å². The van der Waals surface area contributed by atoms with Crippen molar-refractivity contribution in [2.75, 3.05) is 0 Å². The molecule has 0 saturated heterocycles. The Morgan fingerprint density at radius 2 is 2.12 bits per heavy atom. The third-order valence-electron chi connectivity index (χ3n) is 3.22. The maximum atomic E-state index is 11.9. The molecule has 3 aromatic rings. The summed E-state index contributed by atoms with van der Waals surface area (Å²) in [5, 5.41) is 25.7. The summed E-state index contributed by atoms with van der Waals surface area (Å²) in [5.74, 6) is -0.146. The van der Waals surface area contributed by atoms with E-state index < -0.39 is 5.91 Å². The predicted molar refractivity (Wildman–Crippen MR) is 99.8 cm³/mol. The summed E-state index contributed by atoms with van der Waals surface area (Å²) in [6.07, 6.45) is 1.29. The maximum absolute atomic E-state index is 11.9. The number of hydrogen-bond acceptors (Lipinski definition) is 6. The topological polar surface area (TPSA) is 105 Å². The Hall–Kier alpha value is -2.78. The number of aromatic nitrogens is 4. The molecule has 132 valence electrons. The smallest absolute Gasteiger partial charge is 0.263 e. The van der Waals surface area contributed by atoms with Crippen LogP contribution in [0, 0.1) is 0 Å². The lowest BCUT2D eigenvalue weighted by molar-refractivity contribution is -0.122. The minimum Gasteiger partial charge on any atom is -0.506 e. The average molecular weight is 436 g/mol. The number of nitrogens with one attached hydrogen (secondary N) is 1. The van der Waals surface area contributed by atoms with Gasteiger partial charge in [-0.3, -0.25) is 4.79 Å². The number of halogens is 2. The van der Waals surface area contributed by atoms with Crippen LogP contribution in [-0.2, 0) is 11.3 Å². The average Bonchev–Trinajstić information content (AvgIpc) is 3.08. The van der Waals surface area contributed by atoms with Gasteiger partial charge in [0.25, 0.3) is 5.91 Å². The van der Waals surface area contributed by atoms with Gasteiger partial charge >= 0.3 is 0 Å². The first kappa shape index (κ1) is 18.0. The van der Waals surface area contributed by atoms with Crippen LogP contribution in [0.25, 0.3) is 11.4 Å². The lowest BCUT2D eigenvalue weighted by Gasteiger charge is -2.02. The summed E-state index contributed by atoms with van der Waals surface area (Å²) >= 11 is 9.13. The van der Waals surface area contributed by atoms with Crippen LogP contribution in [-0.4, -0.2) is 37.4 Å². The highest BCUT2D eigenvalue weighted by molar-refractivity contribution is 9.10. The molecule has 1 amide bonds. The maximum Gasteiger partial charge on any atom is 0.263 e. The molecule has 1 heterocycles. The molecule has 0 bridgehead atoms. The van der Waals surface area contributed by atoms with Gasteiger partial charge in [0, 0.05) is 15.6 Å². The van der Waals surface area contributed by atoms with Gasteiger partial charge in [0.05, 0.1) is 11.2 Å². The van der Waals surface area contributed by atoms with Gasteiger partial charge in [-0.25, -0.2) is 5.43 Å². The van der Waals surface area contributed by atoms with Crippen molar-refractivity contribution in [1.82, 2.24) is 25.6 Å². The third kappa shape index (κ3) is 4.44. The van der Waals surface area contributed by atoms with E-state index in [1.165, 1.54) is 11.0 Å². The first-order valence-electron chi connectivity index (χ1n) is 7.36. The number of carbonyl (C=O) groups excluding carboxylic acids is 1. The first-order chi connectivity index (χ1) is 12.5. The van der Waals surface area contributed by atoms with Crippen molar-refractivity contribution >= 4 is 39.7 Å². The molecule has 3 rings (SSSR count). The Kier molecular flexibility index (Phi) is 5.59. The fourth-order valence-electron chi connectivity index (χ4n) is 2.03. The zero-order valence-corrected chi connectivity index (χ0v) is 15.5. The molecular weight excluding hydrogens is 424 g/mol. The molecule has 0 radical (unpaired) electrons. The number of phenolic OH excluding ortho intramolecular Hbond substituents is 1. The second-order valence-electron chi connectivity index (χ2n) is 5.13. The fourth-order valence-corrected chi connectivity index (χ4v) is 2.87. The highest BCUT2D eigenvalue weighted by Crippen LogP contribution is 2.30. The summed E-state index contributed by atoms with van der Waals surface area (Å²) in [6.45, 7) is -0.150. The molecule has 0 spiro atoms. The van der Waals surface area contributed by atoms with Crippen LogP contribution in [0.4, 0.5) is 0 Å². The summed E-state index contributed by atoms with van der Waals surface area (Å²) in [4.78, 5) is 13.1. The van der Waals surface area contributed by atoms with Gasteiger partial charge in [0.2, 0.25) is 5.82 Å². The van der Waals surface area contributed by atoms with Crippen LogP contribution in [0.3, 0.4) is 0 Å². The minimum atomic E-state index is -0.446.